The molecule has 5 unspecified atom stereocenters. The normalized spacial score (nSPS) is 14.4. The molecule has 0 aromatic carbocycles. The maximum Gasteiger partial charge on any atom is 0.472 e. The van der Waals surface area contributed by atoms with E-state index in [2.05, 4.69) is 191 Å². The molecular formula is C105H180O16P2. The van der Waals surface area contributed by atoms with Crippen molar-refractivity contribution in [2.24, 2.45) is 0 Å². The number of phosphoric acid groups is 2. The van der Waals surface area contributed by atoms with Crippen LogP contribution in [0.25, 0.3) is 0 Å². The molecular weight excluding hydrogens is 1580 g/mol. The van der Waals surface area contributed by atoms with Crippen LogP contribution in [0.1, 0.15) is 419 Å². The second kappa shape index (κ2) is 96.0. The Morgan fingerprint density at radius 2 is 0.431 bits per heavy atom. The molecule has 0 saturated heterocycles. The first-order chi connectivity index (χ1) is 60.2. The van der Waals surface area contributed by atoms with Crippen molar-refractivity contribution in [2.75, 3.05) is 39.6 Å². The molecule has 706 valence electrons. The van der Waals surface area contributed by atoms with Gasteiger partial charge in [-0.2, -0.15) is 0 Å². The summed E-state index contributed by atoms with van der Waals surface area (Å²) in [6.45, 7) is 2.47. The van der Waals surface area contributed by atoms with E-state index in [-0.39, 0.29) is 19.3 Å². The van der Waals surface area contributed by atoms with Crippen molar-refractivity contribution in [1.82, 2.24) is 0 Å². The summed E-state index contributed by atoms with van der Waals surface area (Å²) in [5.41, 5.74) is 0. The second-order valence-corrected chi connectivity index (χ2v) is 35.7. The molecule has 0 aliphatic carbocycles. The van der Waals surface area contributed by atoms with Gasteiger partial charge in [0.05, 0.1) is 26.4 Å². The van der Waals surface area contributed by atoms with Gasteiger partial charge in [-0.05, 0) is 154 Å². The lowest BCUT2D eigenvalue weighted by Gasteiger charge is -2.21. The van der Waals surface area contributed by atoms with E-state index in [0.29, 0.717) is 19.3 Å². The highest BCUT2D eigenvalue weighted by atomic mass is 31.2. The molecule has 0 amide bonds. The summed E-state index contributed by atoms with van der Waals surface area (Å²) in [7, 11) is -9.82. The SMILES string of the molecule is CC/C=C\C/C=C\C/C=C\C/C=C\C/C=C\C/C=C\CCCCCCCCCCCCCCCCC(=O)OCC(COP(=O)(O)OCC(O)COP(=O)(O)OCC(O)COC(=O)CCCCCCCCCCCCCCCCCCCCC/C=C\C/C=C\C/C=C\C/C=C\CCCCC)OC(=O)CCCCCCCC/C=C\C/C=C\C/C=C\C/C=C\CC. The number of ether oxygens (including phenoxy) is 3. The molecule has 0 aromatic rings. The fraction of sp³-hybridized carbons (Fsp3) is 0.705. The van der Waals surface area contributed by atoms with Crippen molar-refractivity contribution >= 4 is 33.6 Å². The third-order valence-corrected chi connectivity index (χ3v) is 22.8. The quantitative estimate of drug-likeness (QED) is 0.0146. The van der Waals surface area contributed by atoms with Crippen LogP contribution >= 0.6 is 15.6 Å². The van der Waals surface area contributed by atoms with E-state index in [1.165, 1.54) is 186 Å². The number of hydrogen-bond donors (Lipinski definition) is 4. The Bertz CT molecular complexity index is 2920. The maximum absolute atomic E-state index is 13.1. The van der Waals surface area contributed by atoms with Gasteiger partial charge in [-0.1, -0.05) is 416 Å². The molecule has 0 aliphatic rings. The highest BCUT2D eigenvalue weighted by molar-refractivity contribution is 7.47. The van der Waals surface area contributed by atoms with E-state index in [9.17, 15) is 43.5 Å². The molecule has 0 spiro atoms. The summed E-state index contributed by atoms with van der Waals surface area (Å²) in [6.07, 6.45) is 126. The third kappa shape index (κ3) is 97.4. The topological polar surface area (TPSA) is 231 Å². The van der Waals surface area contributed by atoms with Crippen LogP contribution in [-0.2, 0) is 55.8 Å². The average molecular weight is 1760 g/mol. The summed E-state index contributed by atoms with van der Waals surface area (Å²) < 4.78 is 61.6. The predicted molar refractivity (Wildman–Crippen MR) is 519 cm³/mol. The Hall–Kier alpha value is -5.09. The predicted octanol–water partition coefficient (Wildman–Crippen LogP) is 31.0. The third-order valence-electron chi connectivity index (χ3n) is 20.9. The number of allylic oxidation sites excluding steroid dienone is 28. The van der Waals surface area contributed by atoms with Crippen LogP contribution in [0.4, 0.5) is 0 Å². The van der Waals surface area contributed by atoms with E-state index in [4.69, 9.17) is 32.3 Å². The van der Waals surface area contributed by atoms with Gasteiger partial charge >= 0.3 is 33.6 Å². The molecule has 4 N–H and O–H groups in total. The number of carbonyl (C=O) groups is 3. The maximum atomic E-state index is 13.1. The van der Waals surface area contributed by atoms with Gasteiger partial charge in [-0.3, -0.25) is 32.5 Å². The van der Waals surface area contributed by atoms with Crippen molar-refractivity contribution in [3.05, 3.63) is 170 Å². The van der Waals surface area contributed by atoms with Gasteiger partial charge in [0.25, 0.3) is 0 Å². The van der Waals surface area contributed by atoms with E-state index < -0.39 is 91.5 Å². The molecule has 0 aromatic heterocycles. The average Bonchev–Trinajstić information content (AvgIpc) is 0.898. The van der Waals surface area contributed by atoms with E-state index in [1.54, 1.807) is 0 Å². The minimum atomic E-state index is -4.95. The van der Waals surface area contributed by atoms with E-state index in [1.807, 2.05) is 0 Å². The fourth-order valence-electron chi connectivity index (χ4n) is 13.5. The first kappa shape index (κ1) is 118. The zero-order valence-electron chi connectivity index (χ0n) is 78.1. The number of aliphatic hydroxyl groups excluding tert-OH is 2. The van der Waals surface area contributed by atoms with E-state index in [0.717, 1.165) is 173 Å². The molecule has 5 atom stereocenters. The number of carbonyl (C=O) groups excluding carboxylic acids is 3. The van der Waals surface area contributed by atoms with Gasteiger partial charge in [-0.15, -0.1) is 0 Å². The molecule has 0 heterocycles. The van der Waals surface area contributed by atoms with Crippen molar-refractivity contribution in [2.45, 2.75) is 437 Å². The summed E-state index contributed by atoms with van der Waals surface area (Å²) in [5.74, 6) is -1.58. The smallest absolute Gasteiger partial charge is 0.463 e. The van der Waals surface area contributed by atoms with Crippen molar-refractivity contribution in [3.63, 3.8) is 0 Å². The van der Waals surface area contributed by atoms with E-state index >= 15 is 0 Å². The van der Waals surface area contributed by atoms with Crippen LogP contribution in [0, 0.1) is 0 Å². The van der Waals surface area contributed by atoms with Gasteiger partial charge in [0, 0.05) is 19.3 Å². The lowest BCUT2D eigenvalue weighted by Crippen LogP contribution is -2.30. The zero-order chi connectivity index (χ0) is 89.3. The number of esters is 3. The van der Waals surface area contributed by atoms with Gasteiger partial charge in [0.2, 0.25) is 0 Å². The lowest BCUT2D eigenvalue weighted by molar-refractivity contribution is -0.161. The van der Waals surface area contributed by atoms with Crippen LogP contribution in [0.3, 0.4) is 0 Å². The molecule has 0 saturated carbocycles. The Kier molecular flexibility index (Phi) is 92.0. The number of phosphoric ester groups is 2. The first-order valence-electron chi connectivity index (χ1n) is 49.4. The number of rotatable bonds is 93. The molecule has 0 aliphatic heterocycles. The number of unbranched alkanes of at least 4 members (excludes halogenated alkanes) is 42. The van der Waals surface area contributed by atoms with Crippen LogP contribution < -0.4 is 0 Å². The van der Waals surface area contributed by atoms with Crippen LogP contribution in [-0.4, -0.2) is 95.9 Å². The van der Waals surface area contributed by atoms with Gasteiger partial charge in [-0.25, -0.2) is 9.13 Å². The first-order valence-corrected chi connectivity index (χ1v) is 52.4. The molecule has 0 radical (unpaired) electrons. The standard InChI is InChI=1S/C105H180O16P2/c1-4-7-10-13-16-19-22-25-28-31-34-36-38-40-42-44-46-48-49-51-53-54-56-58-60-62-65-67-70-73-76-79-82-85-88-91-103(108)115-94-100(106)95-117-122(111,112)118-96-101(107)97-119-123(113,114)120-99-102(121-105(110)93-90-87-84-81-78-75-72-69-64-33-30-27-24-21-18-15-12-9-6-3)98-116-104(109)92-89-86-83-80-77-74-71-68-66-63-61-59-57-55-52-50-47-45-43-41-39-37-35-32-29-26-23-20-17-14-11-8-5-2/h8-9,11-12,16-21,25-30,34-37,40-43,47,50,64,69,100-102,106-107H,4-7,10,13-15,22-24,31-33,38-39,44-46,48-49,51-63,65-68,70-99H2,1-3H3,(H,111,112)(H,113,114)/b11-8-,12-9-,19-16-,20-17-,21-18-,28-25-,29-26-,30-27-,36-34-,37-35-,42-40-,43-41-,50-47-,69-64-. The minimum absolute atomic E-state index is 0.0852. The summed E-state index contributed by atoms with van der Waals surface area (Å²) in [4.78, 5) is 59.1. The lowest BCUT2D eigenvalue weighted by atomic mass is 10.0. The number of aliphatic hydroxyl groups is 2. The Morgan fingerprint density at radius 3 is 0.683 bits per heavy atom. The summed E-state index contributed by atoms with van der Waals surface area (Å²) >= 11 is 0. The molecule has 0 fully saturated rings. The summed E-state index contributed by atoms with van der Waals surface area (Å²) in [5, 5.41) is 20.8. The highest BCUT2D eigenvalue weighted by Gasteiger charge is 2.30. The zero-order valence-corrected chi connectivity index (χ0v) is 79.9. The Morgan fingerprint density at radius 1 is 0.236 bits per heavy atom. The van der Waals surface area contributed by atoms with Crippen LogP contribution in [0.15, 0.2) is 170 Å². The fourth-order valence-corrected chi connectivity index (χ4v) is 15.1. The van der Waals surface area contributed by atoms with Crippen molar-refractivity contribution in [1.29, 1.82) is 0 Å². The van der Waals surface area contributed by atoms with Crippen molar-refractivity contribution in [3.8, 4) is 0 Å². The number of hydrogen-bond acceptors (Lipinski definition) is 14. The van der Waals surface area contributed by atoms with Gasteiger partial charge in [0.15, 0.2) is 6.10 Å². The van der Waals surface area contributed by atoms with Crippen molar-refractivity contribution < 1.29 is 75.8 Å². The largest absolute Gasteiger partial charge is 0.472 e. The van der Waals surface area contributed by atoms with Crippen LogP contribution in [0.5, 0.6) is 0 Å². The molecule has 123 heavy (non-hydrogen) atoms. The second-order valence-electron chi connectivity index (χ2n) is 32.8. The summed E-state index contributed by atoms with van der Waals surface area (Å²) in [6, 6.07) is 0. The Balaban J connectivity index is 4.50. The monoisotopic (exact) mass is 1760 g/mol. The van der Waals surface area contributed by atoms with Gasteiger partial charge in [0.1, 0.15) is 25.4 Å². The molecule has 0 bridgehead atoms. The Labute approximate surface area is 752 Å². The van der Waals surface area contributed by atoms with Crippen LogP contribution in [0.2, 0.25) is 0 Å². The highest BCUT2D eigenvalue weighted by Crippen LogP contribution is 2.45. The van der Waals surface area contributed by atoms with Gasteiger partial charge < -0.3 is 34.2 Å². The molecule has 18 heteroatoms. The molecule has 0 rings (SSSR count). The minimum Gasteiger partial charge on any atom is -0.463 e. The molecule has 16 nitrogen and oxygen atoms in total.